The van der Waals surface area contributed by atoms with Crippen molar-refractivity contribution in [1.82, 2.24) is 9.78 Å². The average Bonchev–Trinajstić information content (AvgIpc) is 2.70. The topological polar surface area (TPSA) is 44.1 Å². The van der Waals surface area contributed by atoms with Gasteiger partial charge in [-0.05, 0) is 28.9 Å². The summed E-state index contributed by atoms with van der Waals surface area (Å²) >= 11 is 4.73. The zero-order chi connectivity index (χ0) is 11.0. The quantitative estimate of drug-likeness (QED) is 0.798. The zero-order valence-electron chi connectivity index (χ0n) is 8.28. The lowest BCUT2D eigenvalue weighted by atomic mass is 10.4. The highest BCUT2D eigenvalue weighted by Gasteiger charge is 2.15. The van der Waals surface area contributed by atoms with Crippen LogP contribution in [-0.4, -0.2) is 22.4 Å². The molecule has 2 rings (SSSR count). The van der Waals surface area contributed by atoms with Crippen LogP contribution in [0.1, 0.15) is 16.6 Å². The maximum atomic E-state index is 11.5. The number of nitrogens with zero attached hydrogens (tertiary/aromatic N) is 2. The number of hydrogen-bond donors (Lipinski definition) is 0. The van der Waals surface area contributed by atoms with Crippen LogP contribution in [0, 0.1) is 0 Å². The normalized spacial score (nSPS) is 10.9. The van der Waals surface area contributed by atoms with Crippen LogP contribution in [0.2, 0.25) is 0 Å². The lowest BCUT2D eigenvalue weighted by molar-refractivity contribution is 0.0532. The van der Waals surface area contributed by atoms with Gasteiger partial charge in [0, 0.05) is 12.4 Å². The predicted molar refractivity (Wildman–Crippen MR) is 62.2 cm³/mol. The molecule has 0 aliphatic heterocycles. The van der Waals surface area contributed by atoms with Crippen LogP contribution in [0.4, 0.5) is 0 Å². The van der Waals surface area contributed by atoms with E-state index in [1.165, 1.54) is 11.3 Å². The lowest BCUT2D eigenvalue weighted by Crippen LogP contribution is -2.01. The zero-order valence-corrected chi connectivity index (χ0v) is 10.7. The fourth-order valence-electron chi connectivity index (χ4n) is 1.30. The summed E-state index contributed by atoms with van der Waals surface area (Å²) in [4.78, 5) is 13.1. The molecule has 2 aromatic rings. The van der Waals surface area contributed by atoms with E-state index in [-0.39, 0.29) is 5.97 Å². The first kappa shape index (κ1) is 10.6. The minimum atomic E-state index is -0.273. The van der Waals surface area contributed by atoms with E-state index in [1.807, 2.05) is 7.05 Å². The third-order valence-corrected chi connectivity index (χ3v) is 3.71. The number of carbonyl (C=O) groups excluding carboxylic acids is 1. The molecule has 2 aromatic heterocycles. The van der Waals surface area contributed by atoms with Crippen LogP contribution in [0.15, 0.2) is 10.7 Å². The molecule has 4 nitrogen and oxygen atoms in total. The summed E-state index contributed by atoms with van der Waals surface area (Å²) in [6, 6.07) is 1.80. The number of ether oxygens (including phenoxy) is 1. The molecule has 0 aromatic carbocycles. The lowest BCUT2D eigenvalue weighted by Gasteiger charge is -1.96. The SMILES string of the molecule is CCOC(=O)c1cc2c(Br)nn(C)c2s1. The number of aryl methyl sites for hydroxylation is 1. The Hall–Kier alpha value is -0.880. The number of rotatable bonds is 2. The van der Waals surface area contributed by atoms with Crippen LogP contribution in [0.25, 0.3) is 10.2 Å². The van der Waals surface area contributed by atoms with Gasteiger partial charge in [-0.25, -0.2) is 4.79 Å². The highest BCUT2D eigenvalue weighted by atomic mass is 79.9. The summed E-state index contributed by atoms with van der Waals surface area (Å²) in [5.41, 5.74) is 0. The van der Waals surface area contributed by atoms with Crippen LogP contribution in [0.3, 0.4) is 0 Å². The smallest absolute Gasteiger partial charge is 0.348 e. The summed E-state index contributed by atoms with van der Waals surface area (Å²) < 4.78 is 7.43. The number of esters is 1. The number of halogens is 1. The molecule has 0 bridgehead atoms. The minimum absolute atomic E-state index is 0.273. The van der Waals surface area contributed by atoms with Gasteiger partial charge in [0.15, 0.2) is 0 Å². The van der Waals surface area contributed by atoms with Crippen molar-refractivity contribution in [2.75, 3.05) is 6.61 Å². The van der Waals surface area contributed by atoms with E-state index in [0.29, 0.717) is 11.5 Å². The van der Waals surface area contributed by atoms with Crippen molar-refractivity contribution in [2.45, 2.75) is 6.92 Å². The Labute approximate surface area is 99.0 Å². The molecule has 0 radical (unpaired) electrons. The van der Waals surface area contributed by atoms with Crippen LogP contribution in [-0.2, 0) is 11.8 Å². The first-order valence-electron chi connectivity index (χ1n) is 4.42. The minimum Gasteiger partial charge on any atom is -0.462 e. The second-order valence-corrected chi connectivity index (χ2v) is 4.75. The second-order valence-electron chi connectivity index (χ2n) is 2.96. The Morgan fingerprint density at radius 2 is 2.47 bits per heavy atom. The fraction of sp³-hybridized carbons (Fsp3) is 0.333. The molecule has 0 aliphatic carbocycles. The predicted octanol–water partition coefficient (Wildman–Crippen LogP) is 2.57. The van der Waals surface area contributed by atoms with Gasteiger partial charge in [0.25, 0.3) is 0 Å². The molecule has 0 amide bonds. The van der Waals surface area contributed by atoms with E-state index in [1.54, 1.807) is 17.7 Å². The number of aromatic nitrogens is 2. The van der Waals surface area contributed by atoms with Gasteiger partial charge in [-0.3, -0.25) is 4.68 Å². The van der Waals surface area contributed by atoms with Gasteiger partial charge >= 0.3 is 5.97 Å². The third-order valence-electron chi connectivity index (χ3n) is 1.94. The van der Waals surface area contributed by atoms with E-state index in [2.05, 4.69) is 21.0 Å². The van der Waals surface area contributed by atoms with Crippen molar-refractivity contribution >= 4 is 43.5 Å². The number of carbonyl (C=O) groups is 1. The maximum absolute atomic E-state index is 11.5. The van der Waals surface area contributed by atoms with Crippen molar-refractivity contribution in [3.05, 3.63) is 15.5 Å². The van der Waals surface area contributed by atoms with Gasteiger partial charge in [-0.2, -0.15) is 5.10 Å². The van der Waals surface area contributed by atoms with E-state index in [9.17, 15) is 4.79 Å². The first-order valence-corrected chi connectivity index (χ1v) is 6.03. The summed E-state index contributed by atoms with van der Waals surface area (Å²) in [5.74, 6) is -0.273. The summed E-state index contributed by atoms with van der Waals surface area (Å²) in [6.07, 6.45) is 0. The summed E-state index contributed by atoms with van der Waals surface area (Å²) in [6.45, 7) is 2.19. The first-order chi connectivity index (χ1) is 7.13. The Kier molecular flexibility index (Phi) is 2.79. The molecule has 2 heterocycles. The van der Waals surface area contributed by atoms with Gasteiger partial charge in [0.1, 0.15) is 14.3 Å². The maximum Gasteiger partial charge on any atom is 0.348 e. The van der Waals surface area contributed by atoms with Crippen LogP contribution >= 0.6 is 27.3 Å². The molecule has 0 saturated carbocycles. The molecule has 15 heavy (non-hydrogen) atoms. The number of fused-ring (bicyclic) bond motifs is 1. The molecule has 0 fully saturated rings. The van der Waals surface area contributed by atoms with Crippen molar-refractivity contribution in [2.24, 2.45) is 7.05 Å². The second kappa shape index (κ2) is 3.94. The average molecular weight is 289 g/mol. The van der Waals surface area contributed by atoms with Crippen molar-refractivity contribution in [3.8, 4) is 0 Å². The van der Waals surface area contributed by atoms with Gasteiger partial charge in [0.2, 0.25) is 0 Å². The molecule has 0 saturated heterocycles. The van der Waals surface area contributed by atoms with Crippen molar-refractivity contribution in [1.29, 1.82) is 0 Å². The Bertz CT molecular complexity index is 483. The summed E-state index contributed by atoms with van der Waals surface area (Å²) in [7, 11) is 1.85. The largest absolute Gasteiger partial charge is 0.462 e. The highest BCUT2D eigenvalue weighted by Crippen LogP contribution is 2.30. The molecule has 0 unspecified atom stereocenters. The van der Waals surface area contributed by atoms with Gasteiger partial charge in [0.05, 0.1) is 6.61 Å². The molecular weight excluding hydrogens is 280 g/mol. The molecule has 0 aliphatic rings. The highest BCUT2D eigenvalue weighted by molar-refractivity contribution is 9.10. The third kappa shape index (κ3) is 1.79. The monoisotopic (exact) mass is 288 g/mol. The van der Waals surface area contributed by atoms with Crippen LogP contribution < -0.4 is 0 Å². The Balaban J connectivity index is 2.47. The van der Waals surface area contributed by atoms with Gasteiger partial charge in [-0.1, -0.05) is 0 Å². The molecular formula is C9H9BrN2O2S. The van der Waals surface area contributed by atoms with Crippen molar-refractivity contribution < 1.29 is 9.53 Å². The molecule has 0 spiro atoms. The summed E-state index contributed by atoms with van der Waals surface area (Å²) in [5, 5.41) is 5.14. The van der Waals surface area contributed by atoms with Gasteiger partial charge in [-0.15, -0.1) is 11.3 Å². The van der Waals surface area contributed by atoms with E-state index >= 15 is 0 Å². The van der Waals surface area contributed by atoms with E-state index in [4.69, 9.17) is 4.74 Å². The van der Waals surface area contributed by atoms with E-state index in [0.717, 1.165) is 14.8 Å². The standard InChI is InChI=1S/C9H9BrN2O2S/c1-3-14-9(13)6-4-5-7(10)11-12(2)8(5)15-6/h4H,3H2,1-2H3. The van der Waals surface area contributed by atoms with Crippen molar-refractivity contribution in [3.63, 3.8) is 0 Å². The number of thiophene rings is 1. The van der Waals surface area contributed by atoms with Gasteiger partial charge < -0.3 is 4.74 Å². The number of hydrogen-bond acceptors (Lipinski definition) is 4. The van der Waals surface area contributed by atoms with Crippen LogP contribution in [0.5, 0.6) is 0 Å². The molecule has 80 valence electrons. The molecule has 6 heteroatoms. The fourth-order valence-corrected chi connectivity index (χ4v) is 2.94. The Morgan fingerprint density at radius 3 is 3.07 bits per heavy atom. The Morgan fingerprint density at radius 1 is 1.73 bits per heavy atom. The molecule has 0 N–H and O–H groups in total. The molecule has 0 atom stereocenters. The van der Waals surface area contributed by atoms with E-state index < -0.39 is 0 Å².